The minimum atomic E-state index is -0.915. The fourth-order valence-corrected chi connectivity index (χ4v) is 2.36. The Morgan fingerprint density at radius 3 is 2.77 bits per heavy atom. The van der Waals surface area contributed by atoms with Gasteiger partial charge in [-0.2, -0.15) is 0 Å². The molecule has 0 spiro atoms. The van der Waals surface area contributed by atoms with Gasteiger partial charge < -0.3 is 10.1 Å². The molecule has 0 amide bonds. The molecule has 2 heterocycles. The van der Waals surface area contributed by atoms with Crippen molar-refractivity contribution in [1.82, 2.24) is 5.32 Å². The zero-order valence-electron chi connectivity index (χ0n) is 8.02. The van der Waals surface area contributed by atoms with Gasteiger partial charge in [0.1, 0.15) is 5.67 Å². The van der Waals surface area contributed by atoms with Crippen molar-refractivity contribution >= 4 is 0 Å². The second kappa shape index (κ2) is 3.93. The van der Waals surface area contributed by atoms with E-state index in [9.17, 15) is 4.39 Å². The van der Waals surface area contributed by atoms with Crippen LogP contribution in [0.15, 0.2) is 0 Å². The molecule has 0 saturated carbocycles. The van der Waals surface area contributed by atoms with E-state index in [0.29, 0.717) is 18.9 Å². The maximum atomic E-state index is 14.0. The van der Waals surface area contributed by atoms with Crippen molar-refractivity contribution in [3.05, 3.63) is 0 Å². The summed E-state index contributed by atoms with van der Waals surface area (Å²) in [6, 6.07) is 0. The Morgan fingerprint density at radius 2 is 2.15 bits per heavy atom. The first-order chi connectivity index (χ1) is 6.29. The van der Waals surface area contributed by atoms with Crippen molar-refractivity contribution in [3.63, 3.8) is 0 Å². The summed E-state index contributed by atoms with van der Waals surface area (Å²) in [7, 11) is 0. The zero-order chi connectivity index (χ0) is 9.15. The predicted molar refractivity (Wildman–Crippen MR) is 49.5 cm³/mol. The van der Waals surface area contributed by atoms with E-state index < -0.39 is 5.67 Å². The molecule has 2 aliphatic rings. The van der Waals surface area contributed by atoms with Crippen molar-refractivity contribution in [2.75, 3.05) is 26.3 Å². The van der Waals surface area contributed by atoms with Crippen LogP contribution in [0, 0.1) is 5.92 Å². The Balaban J connectivity index is 1.81. The van der Waals surface area contributed by atoms with Crippen molar-refractivity contribution in [1.29, 1.82) is 0 Å². The maximum absolute atomic E-state index is 14.0. The molecule has 0 aromatic heterocycles. The number of rotatable bonds is 2. The van der Waals surface area contributed by atoms with Crippen molar-refractivity contribution in [2.45, 2.75) is 31.4 Å². The van der Waals surface area contributed by atoms with E-state index in [2.05, 4.69) is 5.32 Å². The Hall–Kier alpha value is -0.150. The topological polar surface area (TPSA) is 21.3 Å². The average Bonchev–Trinajstić information content (AvgIpc) is 2.54. The van der Waals surface area contributed by atoms with E-state index in [-0.39, 0.29) is 0 Å². The van der Waals surface area contributed by atoms with Crippen LogP contribution in [0.1, 0.15) is 25.7 Å². The molecule has 3 heteroatoms. The van der Waals surface area contributed by atoms with E-state index in [1.165, 1.54) is 0 Å². The molecule has 0 aromatic carbocycles. The quantitative estimate of drug-likeness (QED) is 0.707. The lowest BCUT2D eigenvalue weighted by molar-refractivity contribution is 0.0402. The molecule has 1 N–H and O–H groups in total. The standard InChI is InChI=1S/C10H18FNO/c11-10(3-4-12-8-10)7-9-1-5-13-6-2-9/h9,12H,1-8H2. The molecule has 0 aliphatic carbocycles. The summed E-state index contributed by atoms with van der Waals surface area (Å²) in [6.07, 6.45) is 3.53. The summed E-state index contributed by atoms with van der Waals surface area (Å²) >= 11 is 0. The minimum absolute atomic E-state index is 0.554. The third-order valence-corrected chi connectivity index (χ3v) is 3.19. The van der Waals surface area contributed by atoms with Crippen LogP contribution in [-0.2, 0) is 4.74 Å². The first-order valence-electron chi connectivity index (χ1n) is 5.26. The zero-order valence-corrected chi connectivity index (χ0v) is 8.02. The van der Waals surface area contributed by atoms with Crippen LogP contribution in [-0.4, -0.2) is 32.0 Å². The second-order valence-corrected chi connectivity index (χ2v) is 4.34. The van der Waals surface area contributed by atoms with E-state index in [1.807, 2.05) is 0 Å². The number of hydrogen-bond donors (Lipinski definition) is 1. The summed E-state index contributed by atoms with van der Waals surface area (Å²) in [5.74, 6) is 0.554. The molecular weight excluding hydrogens is 169 g/mol. The number of hydrogen-bond acceptors (Lipinski definition) is 2. The molecule has 2 rings (SSSR count). The first kappa shape index (κ1) is 9.41. The van der Waals surface area contributed by atoms with Gasteiger partial charge in [-0.25, -0.2) is 4.39 Å². The molecule has 76 valence electrons. The van der Waals surface area contributed by atoms with E-state index in [4.69, 9.17) is 4.74 Å². The highest BCUT2D eigenvalue weighted by molar-refractivity contribution is 4.90. The van der Waals surface area contributed by atoms with Crippen molar-refractivity contribution in [2.24, 2.45) is 5.92 Å². The summed E-state index contributed by atoms with van der Waals surface area (Å²) in [6.45, 7) is 3.06. The molecule has 2 nitrogen and oxygen atoms in total. The van der Waals surface area contributed by atoms with Gasteiger partial charge in [0, 0.05) is 19.8 Å². The van der Waals surface area contributed by atoms with E-state index in [1.54, 1.807) is 0 Å². The summed E-state index contributed by atoms with van der Waals surface area (Å²) in [5, 5.41) is 3.10. The summed E-state index contributed by atoms with van der Waals surface area (Å²) in [4.78, 5) is 0. The normalized spacial score (nSPS) is 36.7. The Kier molecular flexibility index (Phi) is 2.84. The van der Waals surface area contributed by atoms with Crippen LogP contribution >= 0.6 is 0 Å². The van der Waals surface area contributed by atoms with Crippen LogP contribution < -0.4 is 5.32 Å². The van der Waals surface area contributed by atoms with Gasteiger partial charge in [-0.15, -0.1) is 0 Å². The molecule has 0 bridgehead atoms. The highest BCUT2D eigenvalue weighted by atomic mass is 19.1. The predicted octanol–water partition coefficient (Wildman–Crippen LogP) is 1.50. The smallest absolute Gasteiger partial charge is 0.124 e. The van der Waals surface area contributed by atoms with Gasteiger partial charge in [0.25, 0.3) is 0 Å². The summed E-state index contributed by atoms with van der Waals surface area (Å²) < 4.78 is 19.3. The lowest BCUT2D eigenvalue weighted by atomic mass is 9.86. The number of ether oxygens (including phenoxy) is 1. The largest absolute Gasteiger partial charge is 0.381 e. The van der Waals surface area contributed by atoms with Gasteiger partial charge >= 0.3 is 0 Å². The molecule has 13 heavy (non-hydrogen) atoms. The molecule has 0 aromatic rings. The third kappa shape index (κ3) is 2.41. The molecule has 2 saturated heterocycles. The molecular formula is C10H18FNO. The lowest BCUT2D eigenvalue weighted by Gasteiger charge is -2.28. The second-order valence-electron chi connectivity index (χ2n) is 4.34. The first-order valence-corrected chi connectivity index (χ1v) is 5.26. The molecule has 1 unspecified atom stereocenters. The van der Waals surface area contributed by atoms with Gasteiger partial charge in [0.2, 0.25) is 0 Å². The van der Waals surface area contributed by atoms with Crippen LogP contribution in [0.4, 0.5) is 4.39 Å². The van der Waals surface area contributed by atoms with Gasteiger partial charge in [-0.1, -0.05) is 0 Å². The van der Waals surface area contributed by atoms with Crippen molar-refractivity contribution in [3.8, 4) is 0 Å². The highest BCUT2D eigenvalue weighted by Crippen LogP contribution is 2.32. The SMILES string of the molecule is FC1(CC2CCOCC2)CCNC1. The van der Waals surface area contributed by atoms with Gasteiger partial charge in [0.15, 0.2) is 0 Å². The van der Waals surface area contributed by atoms with Gasteiger partial charge in [0.05, 0.1) is 0 Å². The Bertz CT molecular complexity index is 162. The lowest BCUT2D eigenvalue weighted by Crippen LogP contribution is -2.31. The number of nitrogens with one attached hydrogen (secondary N) is 1. The highest BCUT2D eigenvalue weighted by Gasteiger charge is 2.36. The fourth-order valence-electron chi connectivity index (χ4n) is 2.36. The third-order valence-electron chi connectivity index (χ3n) is 3.19. The Labute approximate surface area is 78.8 Å². The summed E-state index contributed by atoms with van der Waals surface area (Å²) in [5.41, 5.74) is -0.915. The fraction of sp³-hybridized carbons (Fsp3) is 1.00. The number of halogens is 1. The molecule has 1 atom stereocenters. The average molecular weight is 187 g/mol. The van der Waals surface area contributed by atoms with Crippen LogP contribution in [0.5, 0.6) is 0 Å². The molecule has 2 fully saturated rings. The van der Waals surface area contributed by atoms with E-state index in [0.717, 1.165) is 39.0 Å². The number of alkyl halides is 1. The molecule has 2 aliphatic heterocycles. The molecule has 0 radical (unpaired) electrons. The van der Waals surface area contributed by atoms with Crippen molar-refractivity contribution < 1.29 is 9.13 Å². The maximum Gasteiger partial charge on any atom is 0.124 e. The van der Waals surface area contributed by atoms with Gasteiger partial charge in [-0.05, 0) is 38.1 Å². The Morgan fingerprint density at radius 1 is 1.38 bits per heavy atom. The van der Waals surface area contributed by atoms with Crippen LogP contribution in [0.2, 0.25) is 0 Å². The van der Waals surface area contributed by atoms with Crippen LogP contribution in [0.25, 0.3) is 0 Å². The monoisotopic (exact) mass is 187 g/mol. The minimum Gasteiger partial charge on any atom is -0.381 e. The van der Waals surface area contributed by atoms with Gasteiger partial charge in [-0.3, -0.25) is 0 Å². The van der Waals surface area contributed by atoms with Crippen LogP contribution in [0.3, 0.4) is 0 Å². The van der Waals surface area contributed by atoms with E-state index >= 15 is 0 Å².